The number of carbonyl (C=O) groups is 4. The summed E-state index contributed by atoms with van der Waals surface area (Å²) in [6.07, 6.45) is -1.77. The largest absolute Gasteiger partial charge is 0.479 e. The van der Waals surface area contributed by atoms with Gasteiger partial charge < -0.3 is 19.3 Å². The Bertz CT molecular complexity index is 1320. The molecular formula is C25H16N2O8. The van der Waals surface area contributed by atoms with Crippen molar-refractivity contribution in [3.63, 3.8) is 0 Å². The molecule has 6 rings (SSSR count). The molecule has 4 heterocycles. The molecule has 1 fully saturated rings. The standard InChI is InChI=1S/C25H16N2O8/c28-21-15-11-17-20(26-19(15)22(29)27(21)16-12-18(23(30)31)33-24(16)32)35-25(34-17,13-7-3-1-4-8-13)14-9-5-2-6-10-14/h1-11,16,18H,12H2,(H,30,31). The second-order valence-electron chi connectivity index (χ2n) is 8.24. The summed E-state index contributed by atoms with van der Waals surface area (Å²) in [5.74, 6) is -5.15. The molecule has 1 saturated heterocycles. The molecule has 0 aliphatic carbocycles. The number of rotatable bonds is 4. The van der Waals surface area contributed by atoms with E-state index in [1.165, 1.54) is 6.07 Å². The van der Waals surface area contributed by atoms with E-state index in [1.807, 2.05) is 60.7 Å². The van der Waals surface area contributed by atoms with E-state index in [1.54, 1.807) is 0 Å². The van der Waals surface area contributed by atoms with Crippen LogP contribution in [0.15, 0.2) is 66.7 Å². The van der Waals surface area contributed by atoms with E-state index in [4.69, 9.17) is 19.3 Å². The molecule has 1 aromatic heterocycles. The van der Waals surface area contributed by atoms with Crippen LogP contribution < -0.4 is 9.47 Å². The van der Waals surface area contributed by atoms with Gasteiger partial charge in [0.2, 0.25) is 6.10 Å². The third kappa shape index (κ3) is 2.99. The van der Waals surface area contributed by atoms with Gasteiger partial charge in [0.1, 0.15) is 11.7 Å². The van der Waals surface area contributed by atoms with Crippen molar-refractivity contribution < 1.29 is 38.5 Å². The highest BCUT2D eigenvalue weighted by atomic mass is 16.7. The Morgan fingerprint density at radius 3 is 2.14 bits per heavy atom. The average Bonchev–Trinajstić information content (AvgIpc) is 3.52. The smallest absolute Gasteiger partial charge is 0.345 e. The molecule has 1 N–H and O–H groups in total. The SMILES string of the molecule is O=C(O)C1CC(N2C(=O)c3cc4c(nc3C2=O)OC(c2ccccc2)(c2ccccc2)O4)C(=O)O1. The normalized spacial score (nSPS) is 21.7. The number of aromatic nitrogens is 1. The van der Waals surface area contributed by atoms with E-state index in [9.17, 15) is 19.2 Å². The van der Waals surface area contributed by atoms with Crippen LogP contribution in [-0.2, 0) is 20.1 Å². The van der Waals surface area contributed by atoms with Crippen molar-refractivity contribution >= 4 is 23.8 Å². The zero-order valence-electron chi connectivity index (χ0n) is 17.9. The second-order valence-corrected chi connectivity index (χ2v) is 8.24. The number of imide groups is 1. The zero-order chi connectivity index (χ0) is 24.3. The molecule has 2 amide bonds. The number of pyridine rings is 1. The summed E-state index contributed by atoms with van der Waals surface area (Å²) < 4.78 is 17.3. The van der Waals surface area contributed by atoms with Gasteiger partial charge in [-0.25, -0.2) is 14.6 Å². The lowest BCUT2D eigenvalue weighted by molar-refractivity contribution is -0.157. The number of ether oxygens (including phenoxy) is 3. The third-order valence-corrected chi connectivity index (χ3v) is 6.18. The first-order valence-electron chi connectivity index (χ1n) is 10.7. The lowest BCUT2D eigenvalue weighted by Gasteiger charge is -2.28. The molecule has 0 saturated carbocycles. The molecule has 10 heteroatoms. The summed E-state index contributed by atoms with van der Waals surface area (Å²) in [5.41, 5.74) is 1.08. The predicted molar refractivity (Wildman–Crippen MR) is 116 cm³/mol. The Kier molecular flexibility index (Phi) is 4.40. The number of fused-ring (bicyclic) bond motifs is 2. The van der Waals surface area contributed by atoms with Crippen LogP contribution in [0.4, 0.5) is 0 Å². The maximum atomic E-state index is 13.1. The number of hydrogen-bond acceptors (Lipinski definition) is 8. The molecule has 0 radical (unpaired) electrons. The highest BCUT2D eigenvalue weighted by molar-refractivity contribution is 6.22. The predicted octanol–water partition coefficient (Wildman–Crippen LogP) is 2.12. The number of amides is 2. The van der Waals surface area contributed by atoms with Gasteiger partial charge in [-0.2, -0.15) is 0 Å². The summed E-state index contributed by atoms with van der Waals surface area (Å²) in [4.78, 5) is 54.6. The number of carbonyl (C=O) groups excluding carboxylic acids is 3. The summed E-state index contributed by atoms with van der Waals surface area (Å²) >= 11 is 0. The Morgan fingerprint density at radius 1 is 0.943 bits per heavy atom. The molecule has 10 nitrogen and oxygen atoms in total. The Hall–Kier alpha value is -4.73. The number of cyclic esters (lactones) is 1. The molecule has 35 heavy (non-hydrogen) atoms. The van der Waals surface area contributed by atoms with Gasteiger partial charge >= 0.3 is 17.7 Å². The van der Waals surface area contributed by atoms with Gasteiger partial charge in [-0.15, -0.1) is 0 Å². The van der Waals surface area contributed by atoms with Gasteiger partial charge in [0, 0.05) is 23.6 Å². The van der Waals surface area contributed by atoms with Crippen molar-refractivity contribution in [1.29, 1.82) is 0 Å². The van der Waals surface area contributed by atoms with Crippen LogP contribution in [0.1, 0.15) is 38.4 Å². The molecule has 2 unspecified atom stereocenters. The van der Waals surface area contributed by atoms with Crippen LogP contribution in [-0.4, -0.2) is 50.9 Å². The number of esters is 1. The fraction of sp³-hybridized carbons (Fsp3) is 0.160. The molecule has 174 valence electrons. The maximum Gasteiger partial charge on any atom is 0.345 e. The van der Waals surface area contributed by atoms with Crippen molar-refractivity contribution in [3.05, 3.63) is 89.1 Å². The van der Waals surface area contributed by atoms with Crippen LogP contribution in [0, 0.1) is 0 Å². The van der Waals surface area contributed by atoms with Gasteiger partial charge in [0.05, 0.1) is 5.56 Å². The van der Waals surface area contributed by atoms with Crippen molar-refractivity contribution in [1.82, 2.24) is 9.88 Å². The van der Waals surface area contributed by atoms with Crippen molar-refractivity contribution in [3.8, 4) is 11.6 Å². The first-order valence-corrected chi connectivity index (χ1v) is 10.7. The quantitative estimate of drug-likeness (QED) is 0.448. The number of carboxylic acids is 1. The number of hydrogen-bond donors (Lipinski definition) is 1. The number of aliphatic carboxylic acids is 1. The molecule has 2 aromatic carbocycles. The summed E-state index contributed by atoms with van der Waals surface area (Å²) in [6, 6.07) is 18.4. The Morgan fingerprint density at radius 2 is 1.57 bits per heavy atom. The number of benzene rings is 2. The second kappa shape index (κ2) is 7.39. The van der Waals surface area contributed by atoms with E-state index in [2.05, 4.69) is 4.98 Å². The topological polar surface area (TPSA) is 132 Å². The molecule has 3 aromatic rings. The van der Waals surface area contributed by atoms with Crippen molar-refractivity contribution in [2.24, 2.45) is 0 Å². The van der Waals surface area contributed by atoms with Gasteiger partial charge in [-0.3, -0.25) is 14.5 Å². The number of nitrogens with zero attached hydrogens (tertiary/aromatic N) is 2. The molecule has 2 atom stereocenters. The minimum absolute atomic E-state index is 0.0110. The van der Waals surface area contributed by atoms with Crippen LogP contribution >= 0.6 is 0 Å². The first-order chi connectivity index (χ1) is 16.9. The molecule has 3 aliphatic heterocycles. The Balaban J connectivity index is 1.38. The van der Waals surface area contributed by atoms with E-state index >= 15 is 0 Å². The van der Waals surface area contributed by atoms with E-state index in [0.717, 1.165) is 0 Å². The molecule has 3 aliphatic rings. The van der Waals surface area contributed by atoms with E-state index < -0.39 is 41.7 Å². The molecular weight excluding hydrogens is 456 g/mol. The van der Waals surface area contributed by atoms with E-state index in [0.29, 0.717) is 16.0 Å². The van der Waals surface area contributed by atoms with Gasteiger partial charge in [-0.05, 0) is 0 Å². The van der Waals surface area contributed by atoms with Crippen LogP contribution in [0.25, 0.3) is 0 Å². The fourth-order valence-corrected chi connectivity index (χ4v) is 4.53. The highest BCUT2D eigenvalue weighted by Gasteiger charge is 2.53. The van der Waals surface area contributed by atoms with Crippen molar-refractivity contribution in [2.45, 2.75) is 24.4 Å². The minimum Gasteiger partial charge on any atom is -0.479 e. The zero-order valence-corrected chi connectivity index (χ0v) is 17.9. The lowest BCUT2D eigenvalue weighted by atomic mass is 9.97. The summed E-state index contributed by atoms with van der Waals surface area (Å²) in [5, 5.41) is 9.14. The summed E-state index contributed by atoms with van der Waals surface area (Å²) in [6.45, 7) is 0. The fourth-order valence-electron chi connectivity index (χ4n) is 4.53. The lowest BCUT2D eigenvalue weighted by Crippen LogP contribution is -2.42. The van der Waals surface area contributed by atoms with Gasteiger partial charge in [0.25, 0.3) is 17.7 Å². The van der Waals surface area contributed by atoms with Crippen LogP contribution in [0.5, 0.6) is 11.6 Å². The summed E-state index contributed by atoms with van der Waals surface area (Å²) in [7, 11) is 0. The van der Waals surface area contributed by atoms with Gasteiger partial charge in [-0.1, -0.05) is 60.7 Å². The van der Waals surface area contributed by atoms with E-state index in [-0.39, 0.29) is 29.3 Å². The van der Waals surface area contributed by atoms with Gasteiger partial charge in [0.15, 0.2) is 5.75 Å². The molecule has 0 bridgehead atoms. The number of carboxylic acid groups (broad SMARTS) is 1. The molecule has 0 spiro atoms. The average molecular weight is 472 g/mol. The van der Waals surface area contributed by atoms with Crippen molar-refractivity contribution in [2.75, 3.05) is 0 Å². The Labute approximate surface area is 197 Å². The monoisotopic (exact) mass is 472 g/mol. The minimum atomic E-state index is -1.43. The first kappa shape index (κ1) is 20.8. The third-order valence-electron chi connectivity index (χ3n) is 6.18. The maximum absolute atomic E-state index is 13.1. The highest BCUT2D eigenvalue weighted by Crippen LogP contribution is 2.48. The van der Waals surface area contributed by atoms with Crippen LogP contribution in [0.2, 0.25) is 0 Å². The van der Waals surface area contributed by atoms with Crippen LogP contribution in [0.3, 0.4) is 0 Å².